The van der Waals surface area contributed by atoms with Gasteiger partial charge in [-0.2, -0.15) is 5.10 Å². The van der Waals surface area contributed by atoms with E-state index >= 15 is 0 Å². The zero-order valence-corrected chi connectivity index (χ0v) is 12.1. The molecule has 0 radical (unpaired) electrons. The van der Waals surface area contributed by atoms with Crippen molar-refractivity contribution in [3.63, 3.8) is 0 Å². The molecule has 0 spiro atoms. The molecule has 102 valence electrons. The first-order valence-corrected chi connectivity index (χ1v) is 7.28. The second kappa shape index (κ2) is 7.29. The van der Waals surface area contributed by atoms with Gasteiger partial charge in [0.1, 0.15) is 6.33 Å². The molecule has 0 aliphatic rings. The summed E-state index contributed by atoms with van der Waals surface area (Å²) in [7, 11) is 0. The van der Waals surface area contributed by atoms with E-state index in [1.807, 2.05) is 23.1 Å². The Labute approximate surface area is 119 Å². The van der Waals surface area contributed by atoms with Crippen LogP contribution in [-0.2, 0) is 19.4 Å². The molecule has 0 amide bonds. The molecular weight excluding hydrogens is 258 g/mol. The standard InChI is InChI=1S/C15H20ClN3/c1-2-3-6-15-17-12-19(18-15)11-4-5-13-7-9-14(16)10-8-13/h7-10,12H,2-6,11H2,1H3. The molecule has 2 rings (SSSR count). The highest BCUT2D eigenvalue weighted by atomic mass is 35.5. The minimum atomic E-state index is 0.792. The number of hydrogen-bond donors (Lipinski definition) is 0. The van der Waals surface area contributed by atoms with Gasteiger partial charge in [0.25, 0.3) is 0 Å². The summed E-state index contributed by atoms with van der Waals surface area (Å²) in [5, 5.41) is 5.27. The van der Waals surface area contributed by atoms with Crippen LogP contribution in [0.5, 0.6) is 0 Å². The number of rotatable bonds is 7. The van der Waals surface area contributed by atoms with Crippen LogP contribution in [0, 0.1) is 0 Å². The molecular formula is C15H20ClN3. The van der Waals surface area contributed by atoms with E-state index in [1.165, 1.54) is 12.0 Å². The molecule has 0 bridgehead atoms. The van der Waals surface area contributed by atoms with Crippen LogP contribution in [0.3, 0.4) is 0 Å². The SMILES string of the molecule is CCCCc1ncn(CCCc2ccc(Cl)cc2)n1. The van der Waals surface area contributed by atoms with E-state index in [-0.39, 0.29) is 0 Å². The van der Waals surface area contributed by atoms with Gasteiger partial charge in [-0.05, 0) is 37.0 Å². The number of benzene rings is 1. The van der Waals surface area contributed by atoms with Crippen molar-refractivity contribution in [3.05, 3.63) is 47.0 Å². The van der Waals surface area contributed by atoms with Crippen LogP contribution in [0.1, 0.15) is 37.6 Å². The maximum Gasteiger partial charge on any atom is 0.150 e. The van der Waals surface area contributed by atoms with E-state index in [0.29, 0.717) is 0 Å². The Morgan fingerprint density at radius 2 is 1.89 bits per heavy atom. The molecule has 1 heterocycles. The second-order valence-corrected chi connectivity index (χ2v) is 5.19. The average molecular weight is 278 g/mol. The Bertz CT molecular complexity index is 490. The zero-order valence-electron chi connectivity index (χ0n) is 11.3. The fourth-order valence-corrected chi connectivity index (χ4v) is 2.11. The van der Waals surface area contributed by atoms with Gasteiger partial charge in [0.15, 0.2) is 5.82 Å². The van der Waals surface area contributed by atoms with Crippen LogP contribution in [0.25, 0.3) is 0 Å². The monoisotopic (exact) mass is 277 g/mol. The molecule has 0 saturated carbocycles. The first-order chi connectivity index (χ1) is 9.28. The van der Waals surface area contributed by atoms with Gasteiger partial charge < -0.3 is 0 Å². The first-order valence-electron chi connectivity index (χ1n) is 6.90. The molecule has 0 saturated heterocycles. The van der Waals surface area contributed by atoms with Gasteiger partial charge >= 0.3 is 0 Å². The molecule has 0 atom stereocenters. The third kappa shape index (κ3) is 4.67. The average Bonchev–Trinajstić information content (AvgIpc) is 2.87. The summed E-state index contributed by atoms with van der Waals surface area (Å²) >= 11 is 5.86. The molecule has 3 nitrogen and oxygen atoms in total. The van der Waals surface area contributed by atoms with Gasteiger partial charge in [-0.25, -0.2) is 4.98 Å². The van der Waals surface area contributed by atoms with Crippen molar-refractivity contribution in [2.45, 2.75) is 45.6 Å². The van der Waals surface area contributed by atoms with Crippen molar-refractivity contribution < 1.29 is 0 Å². The van der Waals surface area contributed by atoms with Gasteiger partial charge in [-0.1, -0.05) is 37.1 Å². The van der Waals surface area contributed by atoms with Crippen LogP contribution in [0.4, 0.5) is 0 Å². The summed E-state index contributed by atoms with van der Waals surface area (Å²) in [6, 6.07) is 8.04. The predicted molar refractivity (Wildman–Crippen MR) is 78.4 cm³/mol. The van der Waals surface area contributed by atoms with Crippen molar-refractivity contribution in [1.29, 1.82) is 0 Å². The molecule has 4 heteroatoms. The molecule has 1 aromatic heterocycles. The molecule has 0 aliphatic heterocycles. The molecule has 19 heavy (non-hydrogen) atoms. The van der Waals surface area contributed by atoms with Gasteiger partial charge in [-0.15, -0.1) is 0 Å². The summed E-state index contributed by atoms with van der Waals surface area (Å²) in [6.07, 6.45) is 7.28. The summed E-state index contributed by atoms with van der Waals surface area (Å²) in [5.41, 5.74) is 1.32. The maximum atomic E-state index is 5.86. The topological polar surface area (TPSA) is 30.7 Å². The van der Waals surface area contributed by atoms with Gasteiger partial charge in [-0.3, -0.25) is 4.68 Å². The Balaban J connectivity index is 1.76. The number of aromatic nitrogens is 3. The molecule has 2 aromatic rings. The first kappa shape index (κ1) is 14.1. The second-order valence-electron chi connectivity index (χ2n) is 4.76. The molecule has 0 N–H and O–H groups in total. The quantitative estimate of drug-likeness (QED) is 0.768. The van der Waals surface area contributed by atoms with Crippen molar-refractivity contribution in [3.8, 4) is 0 Å². The van der Waals surface area contributed by atoms with Gasteiger partial charge in [0.05, 0.1) is 0 Å². The third-order valence-corrected chi connectivity index (χ3v) is 3.36. The smallest absolute Gasteiger partial charge is 0.150 e. The minimum absolute atomic E-state index is 0.792. The van der Waals surface area contributed by atoms with Gasteiger partial charge in [0.2, 0.25) is 0 Å². The Hall–Kier alpha value is -1.35. The lowest BCUT2D eigenvalue weighted by molar-refractivity contribution is 0.569. The van der Waals surface area contributed by atoms with E-state index in [9.17, 15) is 0 Å². The molecule has 1 aromatic carbocycles. The van der Waals surface area contributed by atoms with Crippen LogP contribution >= 0.6 is 11.6 Å². The molecule has 0 fully saturated rings. The van der Waals surface area contributed by atoms with Crippen molar-refractivity contribution in [2.24, 2.45) is 0 Å². The lowest BCUT2D eigenvalue weighted by atomic mass is 10.1. The summed E-state index contributed by atoms with van der Waals surface area (Å²) < 4.78 is 1.95. The Kier molecular flexibility index (Phi) is 5.40. The normalized spacial score (nSPS) is 10.8. The summed E-state index contributed by atoms with van der Waals surface area (Å²) in [6.45, 7) is 3.10. The van der Waals surface area contributed by atoms with Crippen LogP contribution < -0.4 is 0 Å². The Morgan fingerprint density at radius 1 is 1.11 bits per heavy atom. The lowest BCUT2D eigenvalue weighted by Crippen LogP contribution is -2.01. The minimum Gasteiger partial charge on any atom is -0.253 e. The van der Waals surface area contributed by atoms with E-state index < -0.39 is 0 Å². The number of nitrogens with zero attached hydrogens (tertiary/aromatic N) is 3. The summed E-state index contributed by atoms with van der Waals surface area (Å²) in [4.78, 5) is 4.33. The van der Waals surface area contributed by atoms with Crippen LogP contribution in [0.2, 0.25) is 5.02 Å². The number of aryl methyl sites for hydroxylation is 3. The molecule has 0 aliphatic carbocycles. The maximum absolute atomic E-state index is 5.86. The van der Waals surface area contributed by atoms with E-state index in [2.05, 4.69) is 29.1 Å². The van der Waals surface area contributed by atoms with Crippen molar-refractivity contribution >= 4 is 11.6 Å². The highest BCUT2D eigenvalue weighted by molar-refractivity contribution is 6.30. The fourth-order valence-electron chi connectivity index (χ4n) is 1.99. The fraction of sp³-hybridized carbons (Fsp3) is 0.467. The van der Waals surface area contributed by atoms with Crippen LogP contribution in [-0.4, -0.2) is 14.8 Å². The number of hydrogen-bond acceptors (Lipinski definition) is 2. The molecule has 0 unspecified atom stereocenters. The van der Waals surface area contributed by atoms with E-state index in [4.69, 9.17) is 11.6 Å². The van der Waals surface area contributed by atoms with E-state index in [1.54, 1.807) is 0 Å². The lowest BCUT2D eigenvalue weighted by Gasteiger charge is -2.02. The van der Waals surface area contributed by atoms with Crippen molar-refractivity contribution in [2.75, 3.05) is 0 Å². The zero-order chi connectivity index (χ0) is 13.5. The van der Waals surface area contributed by atoms with Crippen LogP contribution in [0.15, 0.2) is 30.6 Å². The largest absolute Gasteiger partial charge is 0.253 e. The number of halogens is 1. The van der Waals surface area contributed by atoms with E-state index in [0.717, 1.165) is 43.1 Å². The highest BCUT2D eigenvalue weighted by Crippen LogP contribution is 2.11. The Morgan fingerprint density at radius 3 is 2.63 bits per heavy atom. The van der Waals surface area contributed by atoms with Crippen molar-refractivity contribution in [1.82, 2.24) is 14.8 Å². The predicted octanol–water partition coefficient (Wildman–Crippen LogP) is 3.91. The number of unbranched alkanes of at least 4 members (excludes halogenated alkanes) is 1. The third-order valence-electron chi connectivity index (χ3n) is 3.10. The highest BCUT2D eigenvalue weighted by Gasteiger charge is 2.00. The van der Waals surface area contributed by atoms with Gasteiger partial charge in [0, 0.05) is 18.0 Å². The summed E-state index contributed by atoms with van der Waals surface area (Å²) in [5.74, 6) is 0.966.